The van der Waals surface area contributed by atoms with E-state index >= 15 is 0 Å². The zero-order chi connectivity index (χ0) is 29.1. The van der Waals surface area contributed by atoms with Crippen LogP contribution in [0.3, 0.4) is 0 Å². The van der Waals surface area contributed by atoms with Gasteiger partial charge in [0, 0.05) is 32.1 Å². The zero-order valence-electron chi connectivity index (χ0n) is 23.5. The predicted molar refractivity (Wildman–Crippen MR) is 149 cm³/mol. The molecule has 0 spiro atoms. The molecule has 4 rings (SSSR count). The Bertz CT molecular complexity index is 1310. The molecule has 1 aliphatic carbocycles. The van der Waals surface area contributed by atoms with Gasteiger partial charge in [-0.3, -0.25) is 4.79 Å². The summed E-state index contributed by atoms with van der Waals surface area (Å²) in [6, 6.07) is 9.43. The van der Waals surface area contributed by atoms with Crippen molar-refractivity contribution in [2.24, 2.45) is 5.41 Å². The van der Waals surface area contributed by atoms with Gasteiger partial charge in [-0.1, -0.05) is 51.5 Å². The van der Waals surface area contributed by atoms with E-state index in [2.05, 4.69) is 49.6 Å². The van der Waals surface area contributed by atoms with Crippen molar-refractivity contribution < 1.29 is 26.4 Å². The second-order valence-corrected chi connectivity index (χ2v) is 14.1. The molecule has 2 atom stereocenters. The van der Waals surface area contributed by atoms with E-state index in [9.17, 15) is 26.4 Å². The van der Waals surface area contributed by atoms with Crippen LogP contribution in [0.4, 0.5) is 13.2 Å². The summed E-state index contributed by atoms with van der Waals surface area (Å²) in [7, 11) is -4.20. The molecule has 2 N–H and O–H groups in total. The lowest BCUT2D eigenvalue weighted by molar-refractivity contribution is -0.137. The van der Waals surface area contributed by atoms with Crippen molar-refractivity contribution in [1.82, 2.24) is 14.9 Å². The molecule has 6 nitrogen and oxygen atoms in total. The Morgan fingerprint density at radius 1 is 1.02 bits per heavy atom. The van der Waals surface area contributed by atoms with Crippen LogP contribution in [0.25, 0.3) is 0 Å². The standard InChI is InChI=1S/C30H40F3N3O3S/c1-29(2,3)20-34-19-21-13-14-26-22(16-21)8-6-12-27(26)35-28(37)18-24-10-4-5-15-36(24)40(38,39)25-11-7-9-23(17-25)30(31,32)33/h7,9,11,13-14,16-17,24,27,34H,4-6,8,10,12,15,18-20H2,1-3H3,(H,35,37)/t24-,27+/m0/s1. The summed E-state index contributed by atoms with van der Waals surface area (Å²) < 4.78 is 67.7. The average Bonchev–Trinajstić information content (AvgIpc) is 2.88. The highest BCUT2D eigenvalue weighted by Gasteiger charge is 2.37. The van der Waals surface area contributed by atoms with Crippen LogP contribution in [0.1, 0.15) is 87.6 Å². The topological polar surface area (TPSA) is 78.5 Å². The number of amides is 1. The smallest absolute Gasteiger partial charge is 0.349 e. The number of rotatable bonds is 8. The van der Waals surface area contributed by atoms with Crippen LogP contribution in [0.2, 0.25) is 0 Å². The molecule has 0 radical (unpaired) electrons. The lowest BCUT2D eigenvalue weighted by Crippen LogP contribution is -2.46. The zero-order valence-corrected chi connectivity index (χ0v) is 24.3. The SMILES string of the molecule is CC(C)(C)CNCc1ccc2c(c1)CCC[C@H]2NC(=O)C[C@@H]1CCCCN1S(=O)(=O)c1cccc(C(F)(F)F)c1. The quantitative estimate of drug-likeness (QED) is 0.404. The highest BCUT2D eigenvalue weighted by molar-refractivity contribution is 7.89. The molecule has 0 saturated carbocycles. The summed E-state index contributed by atoms with van der Waals surface area (Å²) in [5.41, 5.74) is 2.70. The number of hydrogen-bond acceptors (Lipinski definition) is 4. The molecule has 1 saturated heterocycles. The number of fused-ring (bicyclic) bond motifs is 1. The van der Waals surface area contributed by atoms with Crippen molar-refractivity contribution in [3.8, 4) is 0 Å². The van der Waals surface area contributed by atoms with Gasteiger partial charge in [0.1, 0.15) is 0 Å². The molecule has 1 amide bonds. The molecule has 220 valence electrons. The highest BCUT2D eigenvalue weighted by Crippen LogP contribution is 2.34. The monoisotopic (exact) mass is 579 g/mol. The number of carbonyl (C=O) groups is 1. The van der Waals surface area contributed by atoms with Gasteiger partial charge in [0.2, 0.25) is 15.9 Å². The van der Waals surface area contributed by atoms with Crippen LogP contribution in [-0.2, 0) is 34.0 Å². The van der Waals surface area contributed by atoms with Gasteiger partial charge in [0.25, 0.3) is 0 Å². The lowest BCUT2D eigenvalue weighted by atomic mass is 9.86. The summed E-state index contributed by atoms with van der Waals surface area (Å²) in [6.07, 6.45) is -0.151. The Hall–Kier alpha value is -2.43. The van der Waals surface area contributed by atoms with Crippen molar-refractivity contribution in [3.05, 3.63) is 64.7 Å². The van der Waals surface area contributed by atoms with Gasteiger partial charge in [-0.05, 0) is 72.4 Å². The number of nitrogens with one attached hydrogen (secondary N) is 2. The third kappa shape index (κ3) is 7.64. The first-order valence-electron chi connectivity index (χ1n) is 14.0. The molecule has 0 bridgehead atoms. The Kier molecular flexibility index (Phi) is 9.31. The van der Waals surface area contributed by atoms with Crippen LogP contribution in [0.5, 0.6) is 0 Å². The fourth-order valence-corrected chi connectivity index (χ4v) is 7.38. The van der Waals surface area contributed by atoms with Gasteiger partial charge < -0.3 is 10.6 Å². The number of piperidine rings is 1. The van der Waals surface area contributed by atoms with Gasteiger partial charge in [-0.25, -0.2) is 8.42 Å². The Morgan fingerprint density at radius 3 is 2.52 bits per heavy atom. The van der Waals surface area contributed by atoms with Crippen molar-refractivity contribution >= 4 is 15.9 Å². The van der Waals surface area contributed by atoms with Gasteiger partial charge in [-0.2, -0.15) is 17.5 Å². The van der Waals surface area contributed by atoms with E-state index in [1.54, 1.807) is 0 Å². The number of carbonyl (C=O) groups excluding carboxylic acids is 1. The van der Waals surface area contributed by atoms with Gasteiger partial charge in [0.05, 0.1) is 16.5 Å². The molecule has 1 heterocycles. The first-order valence-corrected chi connectivity index (χ1v) is 15.5. The van der Waals surface area contributed by atoms with Crippen molar-refractivity contribution in [1.29, 1.82) is 0 Å². The van der Waals surface area contributed by atoms with Crippen molar-refractivity contribution in [3.63, 3.8) is 0 Å². The second-order valence-electron chi connectivity index (χ2n) is 12.2. The normalized spacial score (nSPS) is 20.6. The van der Waals surface area contributed by atoms with Crippen molar-refractivity contribution in [2.45, 2.75) is 95.4 Å². The number of halogens is 3. The molecule has 2 aromatic carbocycles. The number of nitrogens with zero attached hydrogens (tertiary/aromatic N) is 1. The molecule has 1 fully saturated rings. The first kappa shape index (κ1) is 30.5. The number of aryl methyl sites for hydroxylation is 1. The van der Waals surface area contributed by atoms with Crippen LogP contribution in [0, 0.1) is 5.41 Å². The van der Waals surface area contributed by atoms with E-state index in [0.29, 0.717) is 18.9 Å². The van der Waals surface area contributed by atoms with Gasteiger partial charge >= 0.3 is 6.18 Å². The largest absolute Gasteiger partial charge is 0.416 e. The van der Waals surface area contributed by atoms with Gasteiger partial charge in [0.15, 0.2) is 0 Å². The highest BCUT2D eigenvalue weighted by atomic mass is 32.2. The molecular formula is C30H40F3N3O3S. The Balaban J connectivity index is 1.43. The minimum Gasteiger partial charge on any atom is -0.349 e. The molecular weight excluding hydrogens is 539 g/mol. The number of benzene rings is 2. The molecule has 2 aliphatic rings. The summed E-state index contributed by atoms with van der Waals surface area (Å²) in [5, 5.41) is 6.62. The minimum absolute atomic E-state index is 0.0289. The van der Waals surface area contributed by atoms with Crippen LogP contribution < -0.4 is 10.6 Å². The third-order valence-corrected chi connectivity index (χ3v) is 9.55. The Labute approximate surface area is 235 Å². The summed E-state index contributed by atoms with van der Waals surface area (Å²) in [5.74, 6) is -0.245. The molecule has 40 heavy (non-hydrogen) atoms. The van der Waals surface area contributed by atoms with E-state index < -0.39 is 32.7 Å². The number of sulfonamides is 1. The van der Waals surface area contributed by atoms with E-state index in [1.807, 2.05) is 0 Å². The first-order chi connectivity index (χ1) is 18.7. The summed E-state index contributed by atoms with van der Waals surface area (Å²) in [6.45, 7) is 8.42. The molecule has 0 aromatic heterocycles. The fourth-order valence-electron chi connectivity index (χ4n) is 5.64. The second kappa shape index (κ2) is 12.2. The van der Waals surface area contributed by atoms with E-state index in [-0.39, 0.29) is 30.3 Å². The van der Waals surface area contributed by atoms with Crippen LogP contribution >= 0.6 is 0 Å². The maximum absolute atomic E-state index is 13.4. The molecule has 1 aliphatic heterocycles. The third-order valence-electron chi connectivity index (χ3n) is 7.60. The maximum atomic E-state index is 13.4. The van der Waals surface area contributed by atoms with E-state index in [0.717, 1.165) is 56.5 Å². The van der Waals surface area contributed by atoms with E-state index in [1.165, 1.54) is 21.5 Å². The van der Waals surface area contributed by atoms with Crippen LogP contribution in [-0.4, -0.2) is 37.8 Å². The van der Waals surface area contributed by atoms with E-state index in [4.69, 9.17) is 0 Å². The number of hydrogen-bond donors (Lipinski definition) is 2. The van der Waals surface area contributed by atoms with Crippen molar-refractivity contribution in [2.75, 3.05) is 13.1 Å². The molecule has 0 unspecified atom stereocenters. The van der Waals surface area contributed by atoms with Crippen LogP contribution in [0.15, 0.2) is 47.4 Å². The fraction of sp³-hybridized carbons (Fsp3) is 0.567. The lowest BCUT2D eigenvalue weighted by Gasteiger charge is -2.35. The maximum Gasteiger partial charge on any atom is 0.416 e. The molecule has 2 aromatic rings. The molecule has 10 heteroatoms. The average molecular weight is 580 g/mol. The predicted octanol–water partition coefficient (Wildman–Crippen LogP) is 5.97. The summed E-state index contributed by atoms with van der Waals surface area (Å²) in [4.78, 5) is 12.8. The Morgan fingerprint density at radius 2 is 1.80 bits per heavy atom. The van der Waals surface area contributed by atoms with Gasteiger partial charge in [-0.15, -0.1) is 0 Å². The summed E-state index contributed by atoms with van der Waals surface area (Å²) >= 11 is 0. The minimum atomic E-state index is -4.65. The number of alkyl halides is 3.